The lowest BCUT2D eigenvalue weighted by Crippen LogP contribution is -2.24. The molecule has 6 nitrogen and oxygen atoms in total. The maximum atomic E-state index is 11.3. The van der Waals surface area contributed by atoms with Crippen LogP contribution in [0.2, 0.25) is 0 Å². The van der Waals surface area contributed by atoms with Crippen LogP contribution in [0.5, 0.6) is 0 Å². The van der Waals surface area contributed by atoms with Gasteiger partial charge in [-0.05, 0) is 31.5 Å². The van der Waals surface area contributed by atoms with Gasteiger partial charge in [-0.3, -0.25) is 9.88 Å². The fraction of sp³-hybridized carbons (Fsp3) is 0.471. The third kappa shape index (κ3) is 3.27. The van der Waals surface area contributed by atoms with E-state index >= 15 is 0 Å². The topological polar surface area (TPSA) is 79.5 Å². The number of carboxylic acid groups (broad SMARTS) is 1. The molecule has 3 heterocycles. The van der Waals surface area contributed by atoms with Crippen LogP contribution in [-0.4, -0.2) is 32.7 Å². The summed E-state index contributed by atoms with van der Waals surface area (Å²) in [6, 6.07) is 5.43. The van der Waals surface area contributed by atoms with Crippen molar-refractivity contribution >= 4 is 5.97 Å². The molecule has 2 aromatic rings. The normalized spacial score (nSPS) is 18.7. The zero-order valence-electron chi connectivity index (χ0n) is 13.4. The molecule has 1 atom stereocenters. The summed E-state index contributed by atoms with van der Waals surface area (Å²) in [5.74, 6) is 0.254. The molecule has 1 N–H and O–H groups in total. The molecule has 0 radical (unpaired) electrons. The average molecular weight is 315 g/mol. The summed E-state index contributed by atoms with van der Waals surface area (Å²) in [7, 11) is 0. The Balaban J connectivity index is 1.81. The van der Waals surface area contributed by atoms with E-state index in [1.807, 2.05) is 6.07 Å². The summed E-state index contributed by atoms with van der Waals surface area (Å²) in [6.45, 7) is 5.56. The summed E-state index contributed by atoms with van der Waals surface area (Å²) < 4.78 is 5.41. The molecule has 1 fully saturated rings. The van der Waals surface area contributed by atoms with E-state index in [0.29, 0.717) is 18.2 Å². The third-order valence-corrected chi connectivity index (χ3v) is 4.29. The highest BCUT2D eigenvalue weighted by Crippen LogP contribution is 2.33. The second-order valence-electron chi connectivity index (χ2n) is 6.24. The Labute approximate surface area is 135 Å². The zero-order valence-corrected chi connectivity index (χ0v) is 13.4. The fourth-order valence-electron chi connectivity index (χ4n) is 3.03. The molecule has 6 heteroatoms. The molecule has 3 rings (SSSR count). The number of pyridine rings is 1. The Morgan fingerprint density at radius 2 is 2.35 bits per heavy atom. The molecular weight excluding hydrogens is 294 g/mol. The first kappa shape index (κ1) is 15.7. The summed E-state index contributed by atoms with van der Waals surface area (Å²) >= 11 is 0. The number of rotatable bonds is 5. The molecule has 1 aliphatic heterocycles. The van der Waals surface area contributed by atoms with Crippen molar-refractivity contribution in [1.29, 1.82) is 0 Å². The largest absolute Gasteiger partial charge is 0.478 e. The van der Waals surface area contributed by atoms with Gasteiger partial charge in [-0.1, -0.05) is 19.0 Å². The fourth-order valence-corrected chi connectivity index (χ4v) is 3.03. The van der Waals surface area contributed by atoms with E-state index in [9.17, 15) is 9.90 Å². The van der Waals surface area contributed by atoms with Gasteiger partial charge in [0.1, 0.15) is 11.5 Å². The van der Waals surface area contributed by atoms with Crippen molar-refractivity contribution in [3.8, 4) is 0 Å². The van der Waals surface area contributed by atoms with Crippen LogP contribution in [0.25, 0.3) is 0 Å². The molecule has 1 aliphatic rings. The molecule has 0 amide bonds. The second kappa shape index (κ2) is 6.50. The molecule has 122 valence electrons. The van der Waals surface area contributed by atoms with Crippen molar-refractivity contribution in [2.75, 3.05) is 6.54 Å². The Bertz CT molecular complexity index is 696. The minimum atomic E-state index is -0.938. The van der Waals surface area contributed by atoms with E-state index < -0.39 is 5.97 Å². The van der Waals surface area contributed by atoms with Crippen LogP contribution in [0.3, 0.4) is 0 Å². The molecule has 1 saturated heterocycles. The lowest BCUT2D eigenvalue weighted by atomic mass is 10.1. The predicted octanol–water partition coefficient (Wildman–Crippen LogP) is 3.23. The molecule has 0 saturated carbocycles. The molecule has 0 bridgehead atoms. The van der Waals surface area contributed by atoms with Crippen LogP contribution in [0.15, 0.2) is 28.9 Å². The van der Waals surface area contributed by atoms with Crippen molar-refractivity contribution in [1.82, 2.24) is 15.0 Å². The van der Waals surface area contributed by atoms with E-state index in [1.54, 1.807) is 18.3 Å². The number of carboxylic acids is 1. The summed E-state index contributed by atoms with van der Waals surface area (Å²) in [4.78, 5) is 17.8. The first-order chi connectivity index (χ1) is 11.1. The Morgan fingerprint density at radius 3 is 3.04 bits per heavy atom. The van der Waals surface area contributed by atoms with Crippen molar-refractivity contribution < 1.29 is 14.4 Å². The standard InChI is InChI=1S/C17H21N3O3/c1-11(2)16-9-13(19-23-16)15-6-4-8-20(15)10-14-12(17(21)22)5-3-7-18-14/h3,5,7,9,11,15H,4,6,8,10H2,1-2H3,(H,21,22)/t15-/m0/s1. The molecule has 2 aromatic heterocycles. The van der Waals surface area contributed by atoms with Gasteiger partial charge in [-0.15, -0.1) is 0 Å². The van der Waals surface area contributed by atoms with E-state index in [2.05, 4.69) is 28.9 Å². The first-order valence-electron chi connectivity index (χ1n) is 7.94. The molecule has 0 unspecified atom stereocenters. The van der Waals surface area contributed by atoms with Gasteiger partial charge < -0.3 is 9.63 Å². The number of carbonyl (C=O) groups is 1. The average Bonchev–Trinajstić information content (AvgIpc) is 3.16. The van der Waals surface area contributed by atoms with Gasteiger partial charge >= 0.3 is 5.97 Å². The van der Waals surface area contributed by atoms with Crippen LogP contribution in [0.4, 0.5) is 0 Å². The zero-order chi connectivity index (χ0) is 16.4. The summed E-state index contributed by atoms with van der Waals surface area (Å²) in [5, 5.41) is 13.5. The molecule has 0 aromatic carbocycles. The number of hydrogen-bond donors (Lipinski definition) is 1. The van der Waals surface area contributed by atoms with Gasteiger partial charge in [0.2, 0.25) is 0 Å². The van der Waals surface area contributed by atoms with Crippen LogP contribution in [0.1, 0.15) is 66.2 Å². The Morgan fingerprint density at radius 1 is 1.52 bits per heavy atom. The van der Waals surface area contributed by atoms with Crippen molar-refractivity contribution in [3.63, 3.8) is 0 Å². The van der Waals surface area contributed by atoms with E-state index in [-0.39, 0.29) is 11.6 Å². The molecule has 0 aliphatic carbocycles. The number of likely N-dealkylation sites (tertiary alicyclic amines) is 1. The van der Waals surface area contributed by atoms with Crippen molar-refractivity contribution in [2.24, 2.45) is 0 Å². The quantitative estimate of drug-likeness (QED) is 0.912. The minimum Gasteiger partial charge on any atom is -0.478 e. The van der Waals surface area contributed by atoms with Crippen molar-refractivity contribution in [3.05, 3.63) is 47.1 Å². The SMILES string of the molecule is CC(C)c1cc([C@@H]2CCCN2Cc2ncccc2C(=O)O)no1. The molecular formula is C17H21N3O3. The van der Waals surface area contributed by atoms with Crippen molar-refractivity contribution in [2.45, 2.75) is 45.2 Å². The van der Waals surface area contributed by atoms with Gasteiger partial charge in [0.25, 0.3) is 0 Å². The van der Waals surface area contributed by atoms with Gasteiger partial charge in [-0.25, -0.2) is 4.79 Å². The minimum absolute atomic E-state index is 0.162. The maximum Gasteiger partial charge on any atom is 0.337 e. The van der Waals surface area contributed by atoms with Gasteiger partial charge in [0.05, 0.1) is 17.3 Å². The van der Waals surface area contributed by atoms with Crippen LogP contribution < -0.4 is 0 Å². The van der Waals surface area contributed by atoms with E-state index in [0.717, 1.165) is 30.8 Å². The summed E-state index contributed by atoms with van der Waals surface area (Å²) in [6.07, 6.45) is 3.70. The summed E-state index contributed by atoms with van der Waals surface area (Å²) in [5.41, 5.74) is 1.79. The predicted molar refractivity (Wildman–Crippen MR) is 84.2 cm³/mol. The van der Waals surface area contributed by atoms with Crippen LogP contribution >= 0.6 is 0 Å². The highest BCUT2D eigenvalue weighted by atomic mass is 16.5. The Hall–Kier alpha value is -2.21. The lowest BCUT2D eigenvalue weighted by Gasteiger charge is -2.22. The number of aromatic carboxylic acids is 1. The maximum absolute atomic E-state index is 11.3. The highest BCUT2D eigenvalue weighted by Gasteiger charge is 2.30. The number of nitrogens with zero attached hydrogens (tertiary/aromatic N) is 3. The molecule has 23 heavy (non-hydrogen) atoms. The first-order valence-corrected chi connectivity index (χ1v) is 7.94. The van der Waals surface area contributed by atoms with Gasteiger partial charge in [-0.2, -0.15) is 0 Å². The van der Waals surface area contributed by atoms with Crippen LogP contribution in [0, 0.1) is 0 Å². The van der Waals surface area contributed by atoms with Gasteiger partial charge in [0, 0.05) is 24.7 Å². The lowest BCUT2D eigenvalue weighted by molar-refractivity contribution is 0.0693. The second-order valence-corrected chi connectivity index (χ2v) is 6.24. The monoisotopic (exact) mass is 315 g/mol. The van der Waals surface area contributed by atoms with Crippen LogP contribution in [-0.2, 0) is 6.54 Å². The number of aromatic nitrogens is 2. The van der Waals surface area contributed by atoms with E-state index in [1.165, 1.54) is 0 Å². The number of hydrogen-bond acceptors (Lipinski definition) is 5. The molecule has 0 spiro atoms. The Kier molecular flexibility index (Phi) is 4.43. The van der Waals surface area contributed by atoms with E-state index in [4.69, 9.17) is 4.52 Å². The highest BCUT2D eigenvalue weighted by molar-refractivity contribution is 5.88. The third-order valence-electron chi connectivity index (χ3n) is 4.29. The van der Waals surface area contributed by atoms with Gasteiger partial charge in [0.15, 0.2) is 0 Å². The smallest absolute Gasteiger partial charge is 0.337 e.